The van der Waals surface area contributed by atoms with Gasteiger partial charge in [0.15, 0.2) is 11.5 Å². The Hall–Kier alpha value is -1.89. The molecule has 0 aliphatic rings. The standard InChI is InChI=1S/C12H18N2O5/c1-12(2,3)9(11(16)17)13-10(15)8-5-7(6-18-4)19-14-8/h5,9H,6H2,1-4H3,(H,13,15)(H,16,17)/t9-/m0/s1. The molecule has 0 unspecified atom stereocenters. The Kier molecular flexibility index (Phi) is 4.66. The molecule has 1 aromatic heterocycles. The number of carbonyl (C=O) groups is 2. The van der Waals surface area contributed by atoms with Gasteiger partial charge >= 0.3 is 5.97 Å². The number of nitrogens with one attached hydrogen (secondary N) is 1. The molecule has 0 aromatic carbocycles. The largest absolute Gasteiger partial charge is 0.480 e. The van der Waals surface area contributed by atoms with Crippen molar-refractivity contribution in [2.24, 2.45) is 5.41 Å². The first-order chi connectivity index (χ1) is 8.75. The maximum absolute atomic E-state index is 11.9. The lowest BCUT2D eigenvalue weighted by atomic mass is 9.86. The van der Waals surface area contributed by atoms with Gasteiger partial charge in [-0.05, 0) is 5.41 Å². The van der Waals surface area contributed by atoms with E-state index in [1.54, 1.807) is 20.8 Å². The van der Waals surface area contributed by atoms with Crippen LogP contribution in [0.1, 0.15) is 37.0 Å². The molecule has 0 saturated heterocycles. The van der Waals surface area contributed by atoms with Gasteiger partial charge in [0.2, 0.25) is 0 Å². The van der Waals surface area contributed by atoms with Crippen molar-refractivity contribution in [3.05, 3.63) is 17.5 Å². The van der Waals surface area contributed by atoms with Crippen molar-refractivity contribution in [3.63, 3.8) is 0 Å². The maximum atomic E-state index is 11.9. The Bertz CT molecular complexity index is 461. The third-order valence-electron chi connectivity index (χ3n) is 2.47. The van der Waals surface area contributed by atoms with Crippen LogP contribution in [0.25, 0.3) is 0 Å². The number of hydrogen-bond acceptors (Lipinski definition) is 5. The van der Waals surface area contributed by atoms with E-state index in [-0.39, 0.29) is 12.3 Å². The van der Waals surface area contributed by atoms with Crippen LogP contribution in [0.2, 0.25) is 0 Å². The van der Waals surface area contributed by atoms with Crippen molar-refractivity contribution in [1.29, 1.82) is 0 Å². The van der Waals surface area contributed by atoms with Gasteiger partial charge in [0.1, 0.15) is 12.6 Å². The highest BCUT2D eigenvalue weighted by Crippen LogP contribution is 2.20. The quantitative estimate of drug-likeness (QED) is 0.829. The fourth-order valence-electron chi connectivity index (χ4n) is 1.48. The molecule has 106 valence electrons. The number of aliphatic carboxylic acids is 1. The van der Waals surface area contributed by atoms with Crippen LogP contribution in [0, 0.1) is 5.41 Å². The summed E-state index contributed by atoms with van der Waals surface area (Å²) < 4.78 is 9.71. The van der Waals surface area contributed by atoms with Crippen molar-refractivity contribution < 1.29 is 24.0 Å². The summed E-state index contributed by atoms with van der Waals surface area (Å²) in [6, 6.07) is 0.406. The Morgan fingerprint density at radius 1 is 1.53 bits per heavy atom. The second kappa shape index (κ2) is 5.83. The number of carboxylic acids is 1. The smallest absolute Gasteiger partial charge is 0.326 e. The summed E-state index contributed by atoms with van der Waals surface area (Å²) in [7, 11) is 1.49. The van der Waals surface area contributed by atoms with Gasteiger partial charge < -0.3 is 19.7 Å². The molecule has 0 saturated carbocycles. The maximum Gasteiger partial charge on any atom is 0.326 e. The number of methoxy groups -OCH3 is 1. The van der Waals surface area contributed by atoms with Crippen molar-refractivity contribution in [3.8, 4) is 0 Å². The normalized spacial score (nSPS) is 13.1. The SMILES string of the molecule is COCc1cc(C(=O)N[C@@H](C(=O)O)C(C)(C)C)no1. The molecule has 0 fully saturated rings. The zero-order valence-electron chi connectivity index (χ0n) is 11.4. The molecule has 7 nitrogen and oxygen atoms in total. The van der Waals surface area contributed by atoms with Crippen molar-refractivity contribution in [2.45, 2.75) is 33.4 Å². The van der Waals surface area contributed by atoms with E-state index in [1.807, 2.05) is 0 Å². The minimum atomic E-state index is -1.10. The van der Waals surface area contributed by atoms with Crippen molar-refractivity contribution in [2.75, 3.05) is 7.11 Å². The van der Waals surface area contributed by atoms with E-state index in [2.05, 4.69) is 10.5 Å². The molecule has 0 radical (unpaired) electrons. The minimum absolute atomic E-state index is 0.0301. The van der Waals surface area contributed by atoms with Gasteiger partial charge in [0.05, 0.1) is 0 Å². The first-order valence-electron chi connectivity index (χ1n) is 5.74. The molecule has 1 rings (SSSR count). The number of aromatic nitrogens is 1. The van der Waals surface area contributed by atoms with Gasteiger partial charge in [0.25, 0.3) is 5.91 Å². The molecule has 0 spiro atoms. The monoisotopic (exact) mass is 270 g/mol. The number of hydrogen-bond donors (Lipinski definition) is 2. The van der Waals surface area contributed by atoms with Crippen LogP contribution in [-0.2, 0) is 16.1 Å². The molecular formula is C12H18N2O5. The van der Waals surface area contributed by atoms with Crippen LogP contribution in [0.3, 0.4) is 0 Å². The summed E-state index contributed by atoms with van der Waals surface area (Å²) in [5.41, 5.74) is -0.580. The lowest BCUT2D eigenvalue weighted by Gasteiger charge is -2.27. The average molecular weight is 270 g/mol. The molecule has 7 heteroatoms. The predicted octanol–water partition coefficient (Wildman–Crippen LogP) is 1.05. The molecule has 1 aromatic rings. The molecule has 2 N–H and O–H groups in total. The number of carbonyl (C=O) groups excluding carboxylic acids is 1. The fourth-order valence-corrected chi connectivity index (χ4v) is 1.48. The lowest BCUT2D eigenvalue weighted by molar-refractivity contribution is -0.142. The highest BCUT2D eigenvalue weighted by Gasteiger charge is 2.33. The van der Waals surface area contributed by atoms with Gasteiger partial charge in [-0.2, -0.15) is 0 Å². The van der Waals surface area contributed by atoms with Crippen molar-refractivity contribution in [1.82, 2.24) is 10.5 Å². The third kappa shape index (κ3) is 4.06. The number of carboxylic acid groups (broad SMARTS) is 1. The van der Waals surface area contributed by atoms with Crippen molar-refractivity contribution >= 4 is 11.9 Å². The van der Waals surface area contributed by atoms with Gasteiger partial charge in [-0.3, -0.25) is 4.79 Å². The van der Waals surface area contributed by atoms with Gasteiger partial charge in [0, 0.05) is 13.2 Å². The fraction of sp³-hybridized carbons (Fsp3) is 0.583. The molecular weight excluding hydrogens is 252 g/mol. The van der Waals surface area contributed by atoms with Crippen LogP contribution >= 0.6 is 0 Å². The summed E-state index contributed by atoms with van der Waals surface area (Å²) in [6.07, 6.45) is 0. The number of nitrogens with zero attached hydrogens (tertiary/aromatic N) is 1. The average Bonchev–Trinajstić information content (AvgIpc) is 2.72. The number of rotatable bonds is 5. The summed E-state index contributed by atoms with van der Waals surface area (Å²) in [6.45, 7) is 5.38. The predicted molar refractivity (Wildman–Crippen MR) is 65.6 cm³/mol. The first kappa shape index (κ1) is 15.2. The number of ether oxygens (including phenoxy) is 1. The lowest BCUT2D eigenvalue weighted by Crippen LogP contribution is -2.49. The Labute approximate surface area is 110 Å². The molecule has 0 aliphatic carbocycles. The Morgan fingerprint density at radius 2 is 2.16 bits per heavy atom. The molecule has 0 bridgehead atoms. The summed E-state index contributed by atoms with van der Waals surface area (Å²) in [4.78, 5) is 23.0. The van der Waals surface area contributed by atoms with Crippen LogP contribution in [-0.4, -0.2) is 35.3 Å². The highest BCUT2D eigenvalue weighted by atomic mass is 16.5. The van der Waals surface area contributed by atoms with E-state index in [0.29, 0.717) is 5.76 Å². The Balaban J connectivity index is 2.79. The highest BCUT2D eigenvalue weighted by molar-refractivity contribution is 5.95. The van der Waals surface area contributed by atoms with E-state index < -0.39 is 23.3 Å². The first-order valence-corrected chi connectivity index (χ1v) is 5.74. The molecule has 19 heavy (non-hydrogen) atoms. The number of amides is 1. The van der Waals surface area contributed by atoms with Crippen LogP contribution in [0.15, 0.2) is 10.6 Å². The van der Waals surface area contributed by atoms with Crippen LogP contribution < -0.4 is 5.32 Å². The van der Waals surface area contributed by atoms with E-state index in [1.165, 1.54) is 13.2 Å². The van der Waals surface area contributed by atoms with E-state index in [0.717, 1.165) is 0 Å². The summed E-state index contributed by atoms with van der Waals surface area (Å²) in [5.74, 6) is -1.29. The zero-order chi connectivity index (χ0) is 14.6. The molecule has 1 amide bonds. The van der Waals surface area contributed by atoms with Gasteiger partial charge in [-0.25, -0.2) is 4.79 Å². The van der Waals surface area contributed by atoms with Gasteiger partial charge in [-0.1, -0.05) is 25.9 Å². The molecule has 0 aliphatic heterocycles. The third-order valence-corrected chi connectivity index (χ3v) is 2.47. The molecule has 1 heterocycles. The zero-order valence-corrected chi connectivity index (χ0v) is 11.4. The van der Waals surface area contributed by atoms with Crippen LogP contribution in [0.4, 0.5) is 0 Å². The van der Waals surface area contributed by atoms with Gasteiger partial charge in [-0.15, -0.1) is 0 Å². The Morgan fingerprint density at radius 3 is 2.63 bits per heavy atom. The topological polar surface area (TPSA) is 102 Å². The summed E-state index contributed by atoms with van der Waals surface area (Å²) in [5, 5.41) is 15.1. The second-order valence-electron chi connectivity index (χ2n) is 5.22. The van der Waals surface area contributed by atoms with E-state index in [4.69, 9.17) is 14.4 Å². The summed E-state index contributed by atoms with van der Waals surface area (Å²) >= 11 is 0. The van der Waals surface area contributed by atoms with Crippen LogP contribution in [0.5, 0.6) is 0 Å². The van der Waals surface area contributed by atoms with E-state index in [9.17, 15) is 9.59 Å². The van der Waals surface area contributed by atoms with E-state index >= 15 is 0 Å². The molecule has 1 atom stereocenters. The second-order valence-corrected chi connectivity index (χ2v) is 5.22. The minimum Gasteiger partial charge on any atom is -0.480 e.